The SMILES string of the molecule is COC(=O)CC(c1csc(N2CCC(O)CC2)n1)N1CCCN(c2c(OC)ccc3cccnc23)CC1.COc1ccc2cccnc2c1N1CCCN(C(CC(=O)O)c2csc(N3CCC(O)CC3)n2)CC1. The number of thiazole rings is 2. The summed E-state index contributed by atoms with van der Waals surface area (Å²) in [5.41, 5.74) is 5.61. The summed E-state index contributed by atoms with van der Waals surface area (Å²) >= 11 is 3.18. The first-order valence-electron chi connectivity index (χ1n) is 25.5. The number of carbonyl (C=O) groups is 2. The van der Waals surface area contributed by atoms with E-state index in [1.165, 1.54) is 7.11 Å². The Morgan fingerprint density at radius 2 is 1.04 bits per heavy atom. The number of carbonyl (C=O) groups excluding carboxylic acids is 1. The fourth-order valence-corrected chi connectivity index (χ4v) is 12.5. The van der Waals surface area contributed by atoms with Crippen molar-refractivity contribution >= 4 is 78.1 Å². The normalized spacial score (nSPS) is 18.7. The highest BCUT2D eigenvalue weighted by atomic mass is 32.1. The molecule has 0 saturated carbocycles. The molecule has 0 spiro atoms. The maximum Gasteiger partial charge on any atom is 0.307 e. The van der Waals surface area contributed by atoms with E-state index >= 15 is 0 Å². The third-order valence-electron chi connectivity index (χ3n) is 14.6. The van der Waals surface area contributed by atoms with Crippen LogP contribution in [0.5, 0.6) is 11.5 Å². The highest BCUT2D eigenvalue weighted by Gasteiger charge is 2.32. The van der Waals surface area contributed by atoms with Crippen molar-refractivity contribution < 1.29 is 39.1 Å². The number of anilines is 4. The van der Waals surface area contributed by atoms with Crippen molar-refractivity contribution in [2.75, 3.05) is 119 Å². The van der Waals surface area contributed by atoms with Gasteiger partial charge in [-0.25, -0.2) is 9.97 Å². The molecule has 18 nitrogen and oxygen atoms in total. The third-order valence-corrected chi connectivity index (χ3v) is 16.4. The van der Waals surface area contributed by atoms with E-state index in [-0.39, 0.29) is 43.1 Å². The Hall–Kier alpha value is -5.90. The number of hydrogen-bond acceptors (Lipinski definition) is 19. The highest BCUT2D eigenvalue weighted by molar-refractivity contribution is 7.14. The van der Waals surface area contributed by atoms with Gasteiger partial charge in [0.15, 0.2) is 10.3 Å². The number of nitrogens with zero attached hydrogens (tertiary/aromatic N) is 10. The van der Waals surface area contributed by atoms with Gasteiger partial charge in [-0.1, -0.05) is 12.1 Å². The molecule has 4 fully saturated rings. The molecule has 73 heavy (non-hydrogen) atoms. The summed E-state index contributed by atoms with van der Waals surface area (Å²) < 4.78 is 16.5. The molecule has 4 saturated heterocycles. The van der Waals surface area contributed by atoms with E-state index in [9.17, 15) is 24.9 Å². The number of carboxylic acids is 1. The molecule has 20 heteroatoms. The second kappa shape index (κ2) is 24.4. The van der Waals surface area contributed by atoms with Crippen LogP contribution in [0.4, 0.5) is 21.6 Å². The number of ether oxygens (including phenoxy) is 3. The van der Waals surface area contributed by atoms with Crippen molar-refractivity contribution in [3.05, 3.63) is 83.1 Å². The van der Waals surface area contributed by atoms with Crippen LogP contribution >= 0.6 is 22.7 Å². The lowest BCUT2D eigenvalue weighted by Crippen LogP contribution is -2.36. The van der Waals surface area contributed by atoms with Crippen molar-refractivity contribution in [3.8, 4) is 11.5 Å². The first kappa shape index (κ1) is 52.0. The van der Waals surface area contributed by atoms with Gasteiger partial charge in [0, 0.05) is 112 Å². The molecule has 0 radical (unpaired) electrons. The monoisotopic (exact) mass is 1040 g/mol. The number of aliphatic hydroxyl groups excluding tert-OH is 2. The van der Waals surface area contributed by atoms with Crippen molar-refractivity contribution in [3.63, 3.8) is 0 Å². The number of hydrogen-bond donors (Lipinski definition) is 3. The molecule has 4 aliphatic heterocycles. The number of rotatable bonds is 14. The smallest absolute Gasteiger partial charge is 0.307 e. The summed E-state index contributed by atoms with van der Waals surface area (Å²) in [5, 5.41) is 37.5. The van der Waals surface area contributed by atoms with Gasteiger partial charge >= 0.3 is 11.9 Å². The van der Waals surface area contributed by atoms with Crippen LogP contribution in [-0.2, 0) is 14.3 Å². The standard InChI is InChI=1S/C27H35N5O4S.C26H33N5O4S/c1-35-23-7-6-19-5-3-10-28-25(19)26(23)31-12-4-11-30(15-16-31)22(17-24(34)36-2)21-18-37-27(29-21)32-13-8-20(33)9-14-32;1-35-22-6-5-18-4-2-9-27-24(18)25(22)30-11-3-10-29(14-15-30)21(16-23(33)34)20-17-36-26(28-20)31-12-7-19(32)8-13-31/h3,5-7,10,18,20,22,33H,4,8-9,11-17H2,1-2H3;2,4-6,9,17,19,21,32H,3,7-8,10-16H2,1H3,(H,33,34). The molecule has 6 aromatic rings. The van der Waals surface area contributed by atoms with E-state index in [4.69, 9.17) is 24.2 Å². The second-order valence-corrected chi connectivity index (χ2v) is 20.8. The number of fused-ring (bicyclic) bond motifs is 2. The zero-order valence-electron chi connectivity index (χ0n) is 42.1. The molecule has 0 bridgehead atoms. The average molecular weight is 1040 g/mol. The van der Waals surface area contributed by atoms with Crippen molar-refractivity contribution in [2.24, 2.45) is 0 Å². The number of methoxy groups -OCH3 is 3. The number of carboxylic acid groups (broad SMARTS) is 1. The molecule has 4 aromatic heterocycles. The predicted molar refractivity (Wildman–Crippen MR) is 287 cm³/mol. The van der Waals surface area contributed by atoms with Gasteiger partial charge in [-0.2, -0.15) is 0 Å². The van der Waals surface area contributed by atoms with Crippen LogP contribution in [0, 0.1) is 0 Å². The summed E-state index contributed by atoms with van der Waals surface area (Å²) in [7, 11) is 4.82. The lowest BCUT2D eigenvalue weighted by Gasteiger charge is -2.30. The molecule has 3 N–H and O–H groups in total. The van der Waals surface area contributed by atoms with Gasteiger partial charge in [0.2, 0.25) is 0 Å². The first-order chi connectivity index (χ1) is 35.6. The van der Waals surface area contributed by atoms with Gasteiger partial charge in [0.1, 0.15) is 22.9 Å². The molecule has 390 valence electrons. The molecule has 2 unspecified atom stereocenters. The van der Waals surface area contributed by atoms with Crippen LogP contribution in [-0.4, -0.2) is 169 Å². The topological polar surface area (TPSA) is 194 Å². The molecule has 0 amide bonds. The quantitative estimate of drug-likeness (QED) is 0.0957. The Kier molecular flexibility index (Phi) is 17.4. The largest absolute Gasteiger partial charge is 0.494 e. The highest BCUT2D eigenvalue weighted by Crippen LogP contribution is 2.39. The van der Waals surface area contributed by atoms with Gasteiger partial charge in [-0.3, -0.25) is 29.4 Å². The Bertz CT molecular complexity index is 2780. The number of aliphatic hydroxyl groups is 2. The Labute approximate surface area is 434 Å². The number of benzene rings is 2. The average Bonchev–Trinajstić information content (AvgIpc) is 3.97. The molecule has 4 aliphatic rings. The maximum atomic E-state index is 12.4. The van der Waals surface area contributed by atoms with Crippen molar-refractivity contribution in [1.29, 1.82) is 0 Å². The minimum atomic E-state index is -0.823. The lowest BCUT2D eigenvalue weighted by atomic mass is 10.1. The van der Waals surface area contributed by atoms with E-state index in [0.29, 0.717) is 6.54 Å². The van der Waals surface area contributed by atoms with Crippen LogP contribution in [0.15, 0.2) is 71.7 Å². The molecule has 2 atom stereocenters. The predicted octanol–water partition coefficient (Wildman–Crippen LogP) is 6.87. The fraction of sp³-hybridized carbons (Fsp3) is 0.509. The number of esters is 1. The van der Waals surface area contributed by atoms with Gasteiger partial charge in [-0.05, 0) is 74.9 Å². The number of aliphatic carboxylic acids is 1. The second-order valence-electron chi connectivity index (χ2n) is 19.1. The van der Waals surface area contributed by atoms with Crippen LogP contribution in [0.1, 0.15) is 74.8 Å². The van der Waals surface area contributed by atoms with E-state index in [1.807, 2.05) is 48.0 Å². The number of piperidine rings is 2. The van der Waals surface area contributed by atoms with E-state index in [2.05, 4.69) is 56.9 Å². The van der Waals surface area contributed by atoms with E-state index < -0.39 is 5.97 Å². The minimum absolute atomic E-state index is 0.0149. The molecular formula is C53H68N10O8S2. The summed E-state index contributed by atoms with van der Waals surface area (Å²) in [6.45, 7) is 9.50. The summed E-state index contributed by atoms with van der Waals surface area (Å²) in [6, 6.07) is 15.7. The van der Waals surface area contributed by atoms with E-state index in [1.54, 1.807) is 43.1 Å². The zero-order valence-corrected chi connectivity index (χ0v) is 43.7. The Balaban J connectivity index is 0.000000180. The summed E-state index contributed by atoms with van der Waals surface area (Å²) in [4.78, 5) is 57.2. The van der Waals surface area contributed by atoms with Gasteiger partial charge in [-0.15, -0.1) is 22.7 Å². The molecule has 10 rings (SSSR count). The fourth-order valence-electron chi connectivity index (χ4n) is 10.6. The van der Waals surface area contributed by atoms with E-state index in [0.717, 1.165) is 177 Å². The van der Waals surface area contributed by atoms with Crippen LogP contribution in [0.25, 0.3) is 21.8 Å². The van der Waals surface area contributed by atoms with Crippen LogP contribution in [0.3, 0.4) is 0 Å². The number of aromatic nitrogens is 4. The summed E-state index contributed by atoms with van der Waals surface area (Å²) in [5.74, 6) is 0.562. The Morgan fingerprint density at radius 1 is 0.589 bits per heavy atom. The van der Waals surface area contributed by atoms with Crippen molar-refractivity contribution in [1.82, 2.24) is 29.7 Å². The van der Waals surface area contributed by atoms with Gasteiger partial charge < -0.3 is 49.1 Å². The van der Waals surface area contributed by atoms with Crippen LogP contribution in [0.2, 0.25) is 0 Å². The molecule has 2 aromatic carbocycles. The molecule has 0 aliphatic carbocycles. The first-order valence-corrected chi connectivity index (χ1v) is 27.2. The number of pyridine rings is 2. The third kappa shape index (κ3) is 12.4. The Morgan fingerprint density at radius 3 is 1.47 bits per heavy atom. The minimum Gasteiger partial charge on any atom is -0.494 e. The zero-order chi connectivity index (χ0) is 50.8. The lowest BCUT2D eigenvalue weighted by molar-refractivity contribution is -0.142. The maximum absolute atomic E-state index is 12.4. The molecule has 8 heterocycles. The summed E-state index contributed by atoms with van der Waals surface area (Å²) in [6.07, 6.45) is 8.27. The van der Waals surface area contributed by atoms with Gasteiger partial charge in [0.05, 0.1) is 80.9 Å². The van der Waals surface area contributed by atoms with Crippen molar-refractivity contribution in [2.45, 2.75) is 75.7 Å². The molecular weight excluding hydrogens is 969 g/mol. The van der Waals surface area contributed by atoms with Gasteiger partial charge in [0.25, 0.3) is 0 Å². The van der Waals surface area contributed by atoms with Crippen LogP contribution < -0.4 is 29.1 Å².